The summed E-state index contributed by atoms with van der Waals surface area (Å²) in [4.78, 5) is 36.1. The van der Waals surface area contributed by atoms with E-state index in [9.17, 15) is 14.4 Å². The Hall–Kier alpha value is -3.67. The summed E-state index contributed by atoms with van der Waals surface area (Å²) in [5, 5.41) is 2.30. The van der Waals surface area contributed by atoms with Crippen LogP contribution in [0.5, 0.6) is 0 Å². The molecule has 2 aliphatic heterocycles. The summed E-state index contributed by atoms with van der Waals surface area (Å²) < 4.78 is 9.42. The molecule has 180 valence electrons. The maximum Gasteiger partial charge on any atom is 0.337 e. The van der Waals surface area contributed by atoms with Crippen molar-refractivity contribution < 1.29 is 19.1 Å². The van der Waals surface area contributed by atoms with Gasteiger partial charge in [-0.25, -0.2) is 4.79 Å². The van der Waals surface area contributed by atoms with Crippen molar-refractivity contribution in [2.45, 2.75) is 64.6 Å². The zero-order chi connectivity index (χ0) is 24.7. The largest absolute Gasteiger partial charge is 0.458 e. The highest BCUT2D eigenvalue weighted by atomic mass is 16.6. The number of aryl methyl sites for hydroxylation is 2. The number of ether oxygens (including phenoxy) is 1. The number of hydrogen-bond donors (Lipinski definition) is 0. The summed E-state index contributed by atoms with van der Waals surface area (Å²) in [5.41, 5.74) is 3.82. The minimum atomic E-state index is -0.854. The molecule has 4 heterocycles. The third-order valence-electron chi connectivity index (χ3n) is 6.54. The van der Waals surface area contributed by atoms with Crippen molar-refractivity contribution in [1.82, 2.24) is 9.13 Å². The van der Waals surface area contributed by atoms with E-state index in [1.165, 1.54) is 16.6 Å². The van der Waals surface area contributed by atoms with Crippen LogP contribution in [0.15, 0.2) is 60.7 Å². The molecule has 1 unspecified atom stereocenters. The second-order valence-electron chi connectivity index (χ2n) is 10.3. The van der Waals surface area contributed by atoms with Crippen LogP contribution in [-0.4, -0.2) is 32.3 Å². The minimum absolute atomic E-state index is 0.0712. The van der Waals surface area contributed by atoms with Gasteiger partial charge in [-0.15, -0.1) is 0 Å². The van der Waals surface area contributed by atoms with Gasteiger partial charge in [-0.05, 0) is 68.7 Å². The SMILES string of the molecule is CC(C)(C)OC(=O)C1C(=O)CCc2cc3ccccc3n21.O=C1CCc2cc3ccccc3n2C1. The number of benzene rings is 2. The number of para-hydroxylation sites is 2. The van der Waals surface area contributed by atoms with Crippen LogP contribution in [0.2, 0.25) is 0 Å². The highest BCUT2D eigenvalue weighted by Gasteiger charge is 2.37. The smallest absolute Gasteiger partial charge is 0.337 e. The number of carbonyl (C=O) groups excluding carboxylic acids is 3. The molecule has 0 bridgehead atoms. The van der Waals surface area contributed by atoms with Crippen molar-refractivity contribution in [3.63, 3.8) is 0 Å². The van der Waals surface area contributed by atoms with E-state index >= 15 is 0 Å². The Kier molecular flexibility index (Phi) is 5.83. The molecule has 35 heavy (non-hydrogen) atoms. The molecular weight excluding hydrogens is 440 g/mol. The lowest BCUT2D eigenvalue weighted by molar-refractivity contribution is -0.161. The molecule has 0 N–H and O–H groups in total. The molecule has 0 radical (unpaired) electrons. The van der Waals surface area contributed by atoms with E-state index in [1.807, 2.05) is 61.7 Å². The first-order valence-corrected chi connectivity index (χ1v) is 12.1. The molecule has 2 aromatic carbocycles. The summed E-state index contributed by atoms with van der Waals surface area (Å²) in [7, 11) is 0. The monoisotopic (exact) mass is 470 g/mol. The molecule has 2 aromatic heterocycles. The van der Waals surface area contributed by atoms with Gasteiger partial charge >= 0.3 is 5.97 Å². The fourth-order valence-electron chi connectivity index (χ4n) is 5.04. The van der Waals surface area contributed by atoms with E-state index in [0.717, 1.165) is 23.0 Å². The first-order valence-electron chi connectivity index (χ1n) is 12.1. The topological polar surface area (TPSA) is 70.3 Å². The second-order valence-corrected chi connectivity index (χ2v) is 10.3. The molecule has 1 atom stereocenters. The molecular formula is C29H30N2O4. The van der Waals surface area contributed by atoms with Gasteiger partial charge in [0.05, 0.1) is 6.54 Å². The van der Waals surface area contributed by atoms with Crippen LogP contribution < -0.4 is 0 Å². The molecule has 0 amide bonds. The molecule has 6 rings (SSSR count). The van der Waals surface area contributed by atoms with Crippen LogP contribution in [0.1, 0.15) is 51.0 Å². The van der Waals surface area contributed by atoms with Crippen LogP contribution in [0, 0.1) is 0 Å². The zero-order valence-corrected chi connectivity index (χ0v) is 20.4. The Labute approximate surface area is 204 Å². The van der Waals surface area contributed by atoms with Gasteiger partial charge in [0.1, 0.15) is 5.60 Å². The third-order valence-corrected chi connectivity index (χ3v) is 6.54. The van der Waals surface area contributed by atoms with Gasteiger partial charge in [-0.3, -0.25) is 9.59 Å². The molecule has 4 aromatic rings. The number of nitrogens with zero attached hydrogens (tertiary/aromatic N) is 2. The van der Waals surface area contributed by atoms with Crippen LogP contribution in [0.4, 0.5) is 0 Å². The Morgan fingerprint density at radius 2 is 1.43 bits per heavy atom. The van der Waals surface area contributed by atoms with Crippen LogP contribution in [0.3, 0.4) is 0 Å². The lowest BCUT2D eigenvalue weighted by Crippen LogP contribution is -2.37. The van der Waals surface area contributed by atoms with Crippen molar-refractivity contribution in [3.8, 4) is 0 Å². The fourth-order valence-corrected chi connectivity index (χ4v) is 5.04. The Bertz CT molecular complexity index is 1450. The zero-order valence-electron chi connectivity index (χ0n) is 20.4. The number of Topliss-reactive ketones (excluding diaryl/α,β-unsaturated/α-hetero) is 2. The number of rotatable bonds is 1. The quantitative estimate of drug-likeness (QED) is 0.283. The van der Waals surface area contributed by atoms with Gasteiger partial charge in [0.15, 0.2) is 17.6 Å². The average Bonchev–Trinajstić information content (AvgIpc) is 3.36. The summed E-state index contributed by atoms with van der Waals surface area (Å²) in [5.74, 6) is -0.188. The van der Waals surface area contributed by atoms with Crippen LogP contribution in [0.25, 0.3) is 21.8 Å². The summed E-state index contributed by atoms with van der Waals surface area (Å²) in [6, 6.07) is 19.5. The van der Waals surface area contributed by atoms with Gasteiger partial charge in [0.2, 0.25) is 0 Å². The molecule has 6 nitrogen and oxygen atoms in total. The average molecular weight is 471 g/mol. The van der Waals surface area contributed by atoms with Crippen molar-refractivity contribution in [1.29, 1.82) is 0 Å². The summed E-state index contributed by atoms with van der Waals surface area (Å²) in [6.07, 6.45) is 2.66. The standard InChI is InChI=1S/C17H19NO3.C12H11NO/c1-17(2,3)21-16(20)15-14(19)9-8-12-10-11-6-4-5-7-13(11)18(12)15;14-11-6-5-10-7-9-3-1-2-4-12(9)13(10)8-11/h4-7,10,15H,8-9H2,1-3H3;1-4,7H,5-6,8H2. The van der Waals surface area contributed by atoms with Crippen molar-refractivity contribution in [2.24, 2.45) is 0 Å². The third kappa shape index (κ3) is 4.53. The summed E-state index contributed by atoms with van der Waals surface area (Å²) >= 11 is 0. The van der Waals surface area contributed by atoms with E-state index in [-0.39, 0.29) is 5.78 Å². The van der Waals surface area contributed by atoms with E-state index in [2.05, 4.69) is 28.8 Å². The number of fused-ring (bicyclic) bond motifs is 6. The second kappa shape index (κ2) is 8.84. The number of ketones is 2. The molecule has 0 fully saturated rings. The lowest BCUT2D eigenvalue weighted by atomic mass is 10.0. The van der Waals surface area contributed by atoms with Crippen molar-refractivity contribution in [3.05, 3.63) is 72.1 Å². The van der Waals surface area contributed by atoms with E-state index in [1.54, 1.807) is 0 Å². The molecule has 0 aliphatic carbocycles. The molecule has 0 saturated heterocycles. The van der Waals surface area contributed by atoms with Gasteiger partial charge in [-0.1, -0.05) is 36.4 Å². The number of hydrogen-bond acceptors (Lipinski definition) is 4. The first kappa shape index (κ1) is 23.1. The van der Waals surface area contributed by atoms with Crippen molar-refractivity contribution >= 4 is 39.3 Å². The van der Waals surface area contributed by atoms with E-state index in [0.29, 0.717) is 31.6 Å². The molecule has 6 heteroatoms. The van der Waals surface area contributed by atoms with Gasteiger partial charge in [-0.2, -0.15) is 0 Å². The Morgan fingerprint density at radius 3 is 2.14 bits per heavy atom. The van der Waals surface area contributed by atoms with Crippen molar-refractivity contribution in [2.75, 3.05) is 0 Å². The predicted molar refractivity (Wildman–Crippen MR) is 135 cm³/mol. The summed E-state index contributed by atoms with van der Waals surface area (Å²) in [6.45, 7) is 6.00. The van der Waals surface area contributed by atoms with Crippen LogP contribution >= 0.6 is 0 Å². The number of aromatic nitrogens is 2. The fraction of sp³-hybridized carbons (Fsp3) is 0.345. The number of carbonyl (C=O) groups is 3. The molecule has 0 spiro atoms. The Balaban J connectivity index is 0.000000156. The predicted octanol–water partition coefficient (Wildman–Crippen LogP) is 5.20. The Morgan fingerprint density at radius 1 is 0.829 bits per heavy atom. The van der Waals surface area contributed by atoms with Crippen LogP contribution in [-0.2, 0) is 38.5 Å². The normalized spacial score (nSPS) is 17.5. The van der Waals surface area contributed by atoms with Gasteiger partial charge in [0, 0.05) is 35.3 Å². The van der Waals surface area contributed by atoms with Gasteiger partial charge in [0.25, 0.3) is 0 Å². The maximum absolute atomic E-state index is 12.5. The van der Waals surface area contributed by atoms with E-state index < -0.39 is 17.6 Å². The number of esters is 1. The highest BCUT2D eigenvalue weighted by Crippen LogP contribution is 2.32. The van der Waals surface area contributed by atoms with E-state index in [4.69, 9.17) is 4.74 Å². The van der Waals surface area contributed by atoms with Gasteiger partial charge < -0.3 is 13.9 Å². The lowest BCUT2D eigenvalue weighted by Gasteiger charge is -2.28. The molecule has 2 aliphatic rings. The first-order chi connectivity index (χ1) is 16.7. The highest BCUT2D eigenvalue weighted by molar-refractivity contribution is 6.04. The minimum Gasteiger partial charge on any atom is -0.458 e. The maximum atomic E-state index is 12.5. The molecule has 0 saturated carbocycles.